The molecule has 2 aromatic carbocycles. The van der Waals surface area contributed by atoms with Gasteiger partial charge >= 0.3 is 0 Å². The first-order valence-electron chi connectivity index (χ1n) is 9.52. The lowest BCUT2D eigenvalue weighted by Crippen LogP contribution is -2.48. The maximum Gasteiger partial charge on any atom is 0.267 e. The number of anilines is 2. The van der Waals surface area contributed by atoms with E-state index in [1.165, 1.54) is 4.31 Å². The van der Waals surface area contributed by atoms with Crippen LogP contribution in [0.25, 0.3) is 0 Å². The van der Waals surface area contributed by atoms with Crippen molar-refractivity contribution in [3.8, 4) is 5.75 Å². The number of benzene rings is 2. The zero-order valence-electron chi connectivity index (χ0n) is 17.3. The molecule has 0 aliphatic carbocycles. The van der Waals surface area contributed by atoms with Crippen molar-refractivity contribution in [1.82, 2.24) is 5.32 Å². The van der Waals surface area contributed by atoms with Gasteiger partial charge in [0.05, 0.1) is 29.7 Å². The highest BCUT2D eigenvalue weighted by Gasteiger charge is 2.35. The molecule has 0 saturated heterocycles. The maximum atomic E-state index is 12.9. The maximum absolute atomic E-state index is 12.9. The molecule has 160 valence electrons. The summed E-state index contributed by atoms with van der Waals surface area (Å²) in [7, 11) is -3.62. The lowest BCUT2D eigenvalue weighted by atomic mass is 10.1. The van der Waals surface area contributed by atoms with Crippen LogP contribution in [0.2, 0.25) is 0 Å². The number of aryl methyl sites for hydroxylation is 1. The van der Waals surface area contributed by atoms with Crippen molar-refractivity contribution in [2.75, 3.05) is 22.4 Å². The number of amides is 2. The predicted molar refractivity (Wildman–Crippen MR) is 115 cm³/mol. The van der Waals surface area contributed by atoms with Gasteiger partial charge in [0, 0.05) is 6.04 Å². The fraction of sp³-hybridized carbons (Fsp3) is 0.333. The number of fused-ring (bicyclic) bond motifs is 1. The molecule has 8 nitrogen and oxygen atoms in total. The van der Waals surface area contributed by atoms with E-state index in [-0.39, 0.29) is 18.5 Å². The van der Waals surface area contributed by atoms with E-state index in [1.807, 2.05) is 20.8 Å². The Labute approximate surface area is 176 Å². The van der Waals surface area contributed by atoms with E-state index < -0.39 is 22.0 Å². The summed E-state index contributed by atoms with van der Waals surface area (Å²) in [4.78, 5) is 25.4. The molecular formula is C21H25N3O5S. The van der Waals surface area contributed by atoms with Crippen molar-refractivity contribution in [3.63, 3.8) is 0 Å². The van der Waals surface area contributed by atoms with Crippen molar-refractivity contribution in [3.05, 3.63) is 53.6 Å². The second kappa shape index (κ2) is 8.35. The molecule has 1 atom stereocenters. The standard InChI is InChI=1S/C21H25N3O5S/c1-13(2)22-20(25)15-7-5-6-8-16(15)23-21(26)19-12-24(30(4,27)28)17-11-14(3)9-10-18(17)29-19/h5-11,13,19H,12H2,1-4H3,(H,22,25)(H,23,26). The Balaban J connectivity index is 1.87. The Morgan fingerprint density at radius 3 is 2.53 bits per heavy atom. The first-order chi connectivity index (χ1) is 14.1. The van der Waals surface area contributed by atoms with Gasteiger partial charge in [-0.3, -0.25) is 13.9 Å². The zero-order chi connectivity index (χ0) is 22.1. The highest BCUT2D eigenvalue weighted by atomic mass is 32.2. The summed E-state index contributed by atoms with van der Waals surface area (Å²) in [5, 5.41) is 5.49. The number of para-hydroxylation sites is 1. The minimum atomic E-state index is -3.62. The SMILES string of the molecule is Cc1ccc2c(c1)N(S(C)(=O)=O)CC(C(=O)Nc1ccccc1C(=O)NC(C)C)O2. The van der Waals surface area contributed by atoms with Gasteiger partial charge in [-0.2, -0.15) is 0 Å². The van der Waals surface area contributed by atoms with Crippen LogP contribution in [0.3, 0.4) is 0 Å². The number of carbonyl (C=O) groups excluding carboxylic acids is 2. The largest absolute Gasteiger partial charge is 0.476 e. The molecular weight excluding hydrogens is 406 g/mol. The molecule has 1 unspecified atom stereocenters. The first-order valence-corrected chi connectivity index (χ1v) is 11.4. The van der Waals surface area contributed by atoms with Crippen LogP contribution in [0, 0.1) is 6.92 Å². The average Bonchev–Trinajstić information content (AvgIpc) is 2.66. The first kappa shape index (κ1) is 21.6. The molecule has 2 amide bonds. The lowest BCUT2D eigenvalue weighted by Gasteiger charge is -2.34. The molecule has 0 saturated carbocycles. The number of ether oxygens (including phenoxy) is 1. The smallest absolute Gasteiger partial charge is 0.267 e. The van der Waals surface area contributed by atoms with Crippen LogP contribution in [0.4, 0.5) is 11.4 Å². The van der Waals surface area contributed by atoms with Crippen LogP contribution in [0.15, 0.2) is 42.5 Å². The number of sulfonamides is 1. The van der Waals surface area contributed by atoms with Crippen molar-refractivity contribution >= 4 is 33.2 Å². The van der Waals surface area contributed by atoms with E-state index in [1.54, 1.807) is 42.5 Å². The summed E-state index contributed by atoms with van der Waals surface area (Å²) in [6.07, 6.45) is 0.0152. The quantitative estimate of drug-likeness (QED) is 0.756. The van der Waals surface area contributed by atoms with E-state index in [9.17, 15) is 18.0 Å². The van der Waals surface area contributed by atoms with E-state index in [0.29, 0.717) is 22.7 Å². The Bertz CT molecular complexity index is 1080. The summed E-state index contributed by atoms with van der Waals surface area (Å²) >= 11 is 0. The van der Waals surface area contributed by atoms with Crippen LogP contribution >= 0.6 is 0 Å². The predicted octanol–water partition coefficient (Wildman–Crippen LogP) is 2.30. The van der Waals surface area contributed by atoms with Gasteiger partial charge in [0.1, 0.15) is 5.75 Å². The molecule has 0 fully saturated rings. The van der Waals surface area contributed by atoms with Gasteiger partial charge in [-0.15, -0.1) is 0 Å². The van der Waals surface area contributed by atoms with Crippen LogP contribution < -0.4 is 19.7 Å². The second-order valence-electron chi connectivity index (χ2n) is 7.53. The third kappa shape index (κ3) is 4.73. The number of nitrogens with zero attached hydrogens (tertiary/aromatic N) is 1. The molecule has 1 aliphatic heterocycles. The molecule has 2 N–H and O–H groups in total. The molecule has 3 rings (SSSR count). The number of rotatable bonds is 5. The van der Waals surface area contributed by atoms with Gasteiger partial charge < -0.3 is 15.4 Å². The number of nitrogens with one attached hydrogen (secondary N) is 2. The van der Waals surface area contributed by atoms with E-state index >= 15 is 0 Å². The Morgan fingerprint density at radius 1 is 1.17 bits per heavy atom. The van der Waals surface area contributed by atoms with E-state index in [4.69, 9.17) is 4.74 Å². The monoisotopic (exact) mass is 431 g/mol. The topological polar surface area (TPSA) is 105 Å². The van der Waals surface area contributed by atoms with Crippen LogP contribution in [0.5, 0.6) is 5.75 Å². The molecule has 1 aliphatic rings. The summed E-state index contributed by atoms with van der Waals surface area (Å²) in [5.74, 6) is -0.549. The van der Waals surface area contributed by atoms with Crippen LogP contribution in [-0.2, 0) is 14.8 Å². The molecule has 0 radical (unpaired) electrons. The van der Waals surface area contributed by atoms with Crippen molar-refractivity contribution in [1.29, 1.82) is 0 Å². The molecule has 0 aromatic heterocycles. The van der Waals surface area contributed by atoms with Gasteiger partial charge in [-0.1, -0.05) is 18.2 Å². The fourth-order valence-corrected chi connectivity index (χ4v) is 4.06. The van der Waals surface area contributed by atoms with Crippen molar-refractivity contribution in [2.45, 2.75) is 32.9 Å². The van der Waals surface area contributed by atoms with Gasteiger partial charge in [0.25, 0.3) is 11.8 Å². The fourth-order valence-electron chi connectivity index (χ4n) is 3.16. The molecule has 0 spiro atoms. The van der Waals surface area contributed by atoms with E-state index in [2.05, 4.69) is 10.6 Å². The van der Waals surface area contributed by atoms with E-state index in [0.717, 1.165) is 11.8 Å². The number of hydrogen-bond acceptors (Lipinski definition) is 5. The third-order valence-electron chi connectivity index (χ3n) is 4.53. The summed E-state index contributed by atoms with van der Waals surface area (Å²) < 4.78 is 31.6. The van der Waals surface area contributed by atoms with Gasteiger partial charge in [-0.05, 0) is 50.6 Å². The third-order valence-corrected chi connectivity index (χ3v) is 5.67. The van der Waals surface area contributed by atoms with Gasteiger partial charge in [0.2, 0.25) is 10.0 Å². The lowest BCUT2D eigenvalue weighted by molar-refractivity contribution is -0.122. The summed E-state index contributed by atoms with van der Waals surface area (Å²) in [5.41, 5.74) is 1.91. The van der Waals surface area contributed by atoms with Gasteiger partial charge in [0.15, 0.2) is 6.10 Å². The Hall–Kier alpha value is -3.07. The summed E-state index contributed by atoms with van der Waals surface area (Å²) in [6.45, 7) is 5.36. The zero-order valence-corrected chi connectivity index (χ0v) is 18.1. The number of hydrogen-bond donors (Lipinski definition) is 2. The van der Waals surface area contributed by atoms with Crippen LogP contribution in [0.1, 0.15) is 29.8 Å². The minimum Gasteiger partial charge on any atom is -0.476 e. The Kier molecular flexibility index (Phi) is 6.02. The normalized spacial score (nSPS) is 15.9. The van der Waals surface area contributed by atoms with Crippen LogP contribution in [-0.4, -0.2) is 45.2 Å². The van der Waals surface area contributed by atoms with Crippen molar-refractivity contribution < 1.29 is 22.7 Å². The second-order valence-corrected chi connectivity index (χ2v) is 9.44. The molecule has 9 heteroatoms. The summed E-state index contributed by atoms with van der Waals surface area (Å²) in [6, 6.07) is 11.7. The van der Waals surface area contributed by atoms with Gasteiger partial charge in [-0.25, -0.2) is 8.42 Å². The van der Waals surface area contributed by atoms with Crippen molar-refractivity contribution in [2.24, 2.45) is 0 Å². The minimum absolute atomic E-state index is 0.0637. The number of carbonyl (C=O) groups is 2. The molecule has 2 aromatic rings. The molecule has 30 heavy (non-hydrogen) atoms. The highest BCUT2D eigenvalue weighted by molar-refractivity contribution is 7.92. The molecule has 1 heterocycles. The Morgan fingerprint density at radius 2 is 1.87 bits per heavy atom. The highest BCUT2D eigenvalue weighted by Crippen LogP contribution is 2.36. The molecule has 0 bridgehead atoms. The average molecular weight is 432 g/mol.